The number of carbonyl (C=O) groups excluding carboxylic acids is 2. The molecule has 0 bridgehead atoms. The van der Waals surface area contributed by atoms with Crippen molar-refractivity contribution in [2.75, 3.05) is 18.4 Å². The van der Waals surface area contributed by atoms with E-state index in [9.17, 15) is 9.59 Å². The highest BCUT2D eigenvalue weighted by Gasteiger charge is 2.30. The Morgan fingerprint density at radius 2 is 2.06 bits per heavy atom. The molecule has 0 saturated carbocycles. The van der Waals surface area contributed by atoms with E-state index < -0.39 is 0 Å². The van der Waals surface area contributed by atoms with Crippen LogP contribution in [0.4, 0.5) is 5.82 Å². The van der Waals surface area contributed by atoms with Crippen LogP contribution in [0.15, 0.2) is 30.6 Å². The quantitative estimate of drug-likeness (QED) is 0.664. The highest BCUT2D eigenvalue weighted by atomic mass is 35.5. The number of pyridine rings is 2. The van der Waals surface area contributed by atoms with Gasteiger partial charge in [-0.05, 0) is 51.8 Å². The molecule has 1 aliphatic rings. The maximum Gasteiger partial charge on any atom is 0.255 e. The van der Waals surface area contributed by atoms with E-state index in [1.165, 1.54) is 6.20 Å². The number of rotatable bonds is 4. The molecule has 8 nitrogen and oxygen atoms in total. The van der Waals surface area contributed by atoms with Gasteiger partial charge in [-0.2, -0.15) is 5.10 Å². The number of likely N-dealkylation sites (tertiary alicyclic amines) is 1. The first kappa shape index (κ1) is 21.2. The first-order valence-corrected chi connectivity index (χ1v) is 10.8. The van der Waals surface area contributed by atoms with Crippen LogP contribution in [-0.4, -0.2) is 49.6 Å². The maximum absolute atomic E-state index is 13.3. The van der Waals surface area contributed by atoms with Crippen LogP contribution in [0.1, 0.15) is 48.8 Å². The number of hydrogen-bond acceptors (Lipinski definition) is 5. The molecule has 0 aromatic carbocycles. The molecule has 0 spiro atoms. The summed E-state index contributed by atoms with van der Waals surface area (Å²) in [4.78, 5) is 36.5. The van der Waals surface area contributed by atoms with Crippen molar-refractivity contribution in [2.45, 2.75) is 39.7 Å². The van der Waals surface area contributed by atoms with Crippen molar-refractivity contribution in [3.8, 4) is 0 Å². The lowest BCUT2D eigenvalue weighted by molar-refractivity contribution is -0.121. The normalized spacial score (nSPS) is 16.7. The molecule has 1 atom stereocenters. The predicted molar refractivity (Wildman–Crippen MR) is 119 cm³/mol. The third-order valence-electron chi connectivity index (χ3n) is 5.54. The van der Waals surface area contributed by atoms with Crippen molar-refractivity contribution in [3.05, 3.63) is 46.9 Å². The third-order valence-corrected chi connectivity index (χ3v) is 5.76. The predicted octanol–water partition coefficient (Wildman–Crippen LogP) is 3.86. The summed E-state index contributed by atoms with van der Waals surface area (Å²) in [6, 6.07) is 5.37. The Balaban J connectivity index is 1.50. The molecule has 0 radical (unpaired) electrons. The summed E-state index contributed by atoms with van der Waals surface area (Å²) in [6.45, 7) is 6.90. The minimum absolute atomic E-state index is 0.105. The molecule has 9 heteroatoms. The highest BCUT2D eigenvalue weighted by Crippen LogP contribution is 2.24. The van der Waals surface area contributed by atoms with Gasteiger partial charge in [0.1, 0.15) is 5.82 Å². The van der Waals surface area contributed by atoms with E-state index in [0.29, 0.717) is 35.2 Å². The van der Waals surface area contributed by atoms with Crippen LogP contribution in [0.2, 0.25) is 5.02 Å². The second kappa shape index (κ2) is 8.63. The Morgan fingerprint density at radius 3 is 2.77 bits per heavy atom. The van der Waals surface area contributed by atoms with Crippen molar-refractivity contribution < 1.29 is 9.59 Å². The van der Waals surface area contributed by atoms with E-state index in [0.717, 1.165) is 23.9 Å². The number of halogens is 1. The van der Waals surface area contributed by atoms with Crippen LogP contribution in [0, 0.1) is 12.8 Å². The van der Waals surface area contributed by atoms with E-state index in [1.807, 2.05) is 31.5 Å². The van der Waals surface area contributed by atoms with Gasteiger partial charge >= 0.3 is 0 Å². The number of fused-ring (bicyclic) bond motifs is 1. The van der Waals surface area contributed by atoms with Gasteiger partial charge in [0.05, 0.1) is 28.4 Å². The van der Waals surface area contributed by atoms with E-state index in [1.54, 1.807) is 23.2 Å². The van der Waals surface area contributed by atoms with Crippen molar-refractivity contribution in [1.82, 2.24) is 24.6 Å². The summed E-state index contributed by atoms with van der Waals surface area (Å²) < 4.78 is 1.85. The molecule has 2 amide bonds. The van der Waals surface area contributed by atoms with E-state index in [2.05, 4.69) is 20.4 Å². The van der Waals surface area contributed by atoms with Crippen LogP contribution < -0.4 is 5.32 Å². The van der Waals surface area contributed by atoms with E-state index >= 15 is 0 Å². The average molecular weight is 441 g/mol. The van der Waals surface area contributed by atoms with Gasteiger partial charge in [0.2, 0.25) is 5.91 Å². The molecule has 1 N–H and O–H groups in total. The average Bonchev–Trinajstić information content (AvgIpc) is 3.17. The van der Waals surface area contributed by atoms with Crippen molar-refractivity contribution >= 4 is 40.3 Å². The molecular weight excluding hydrogens is 416 g/mol. The maximum atomic E-state index is 13.3. The van der Waals surface area contributed by atoms with E-state index in [4.69, 9.17) is 11.6 Å². The monoisotopic (exact) mass is 440 g/mol. The smallest absolute Gasteiger partial charge is 0.255 e. The minimum Gasteiger partial charge on any atom is -0.338 e. The molecule has 3 aromatic heterocycles. The molecule has 1 saturated heterocycles. The molecule has 0 unspecified atom stereocenters. The number of carbonyl (C=O) groups is 2. The Labute approximate surface area is 185 Å². The van der Waals surface area contributed by atoms with Gasteiger partial charge in [0, 0.05) is 30.7 Å². The third kappa shape index (κ3) is 4.39. The standard InChI is InChI=1S/C22H25ClN6O2/c1-13(2)29-20-16(10-25-29)9-18(14(3)26-20)22(31)28-8-4-5-15(12-28)21(30)27-19-7-6-17(23)11-24-19/h6-7,9-11,13,15H,4-5,8,12H2,1-3H3,(H,24,27,30)/t15-/m0/s1. The van der Waals surface area contributed by atoms with Gasteiger partial charge in [-0.25, -0.2) is 14.6 Å². The summed E-state index contributed by atoms with van der Waals surface area (Å²) in [5, 5.41) is 8.55. The number of amides is 2. The van der Waals surface area contributed by atoms with Crippen molar-refractivity contribution in [1.29, 1.82) is 0 Å². The molecule has 162 valence electrons. The van der Waals surface area contributed by atoms with Crippen LogP contribution >= 0.6 is 11.6 Å². The first-order chi connectivity index (χ1) is 14.8. The van der Waals surface area contributed by atoms with Gasteiger partial charge in [0.15, 0.2) is 5.65 Å². The molecule has 31 heavy (non-hydrogen) atoms. The number of hydrogen-bond donors (Lipinski definition) is 1. The number of nitrogens with one attached hydrogen (secondary N) is 1. The summed E-state index contributed by atoms with van der Waals surface area (Å²) in [7, 11) is 0. The van der Waals surface area contributed by atoms with E-state index in [-0.39, 0.29) is 23.8 Å². The Bertz CT molecular complexity index is 1120. The van der Waals surface area contributed by atoms with Crippen LogP contribution in [-0.2, 0) is 4.79 Å². The number of piperidine rings is 1. The Hall–Kier alpha value is -3.00. The zero-order chi connectivity index (χ0) is 22.1. The fourth-order valence-corrected chi connectivity index (χ4v) is 4.00. The summed E-state index contributed by atoms with van der Waals surface area (Å²) >= 11 is 5.85. The fourth-order valence-electron chi connectivity index (χ4n) is 3.88. The zero-order valence-electron chi connectivity index (χ0n) is 17.8. The summed E-state index contributed by atoms with van der Waals surface area (Å²) in [6.07, 6.45) is 4.71. The molecule has 1 fully saturated rings. The molecular formula is C22H25ClN6O2. The number of anilines is 1. The second-order valence-corrected chi connectivity index (χ2v) is 8.59. The molecule has 4 heterocycles. The zero-order valence-corrected chi connectivity index (χ0v) is 18.6. The van der Waals surface area contributed by atoms with Gasteiger partial charge in [0.25, 0.3) is 5.91 Å². The second-order valence-electron chi connectivity index (χ2n) is 8.16. The highest BCUT2D eigenvalue weighted by molar-refractivity contribution is 6.30. The lowest BCUT2D eigenvalue weighted by Crippen LogP contribution is -2.44. The fraction of sp³-hybridized carbons (Fsp3) is 0.409. The molecule has 3 aromatic rings. The largest absolute Gasteiger partial charge is 0.338 e. The number of nitrogens with zero attached hydrogens (tertiary/aromatic N) is 5. The topological polar surface area (TPSA) is 93.0 Å². The lowest BCUT2D eigenvalue weighted by Gasteiger charge is -2.32. The molecule has 4 rings (SSSR count). The van der Waals surface area contributed by atoms with Crippen molar-refractivity contribution in [2.24, 2.45) is 5.92 Å². The number of aryl methyl sites for hydroxylation is 1. The Kier molecular flexibility index (Phi) is 5.91. The molecule has 1 aliphatic heterocycles. The van der Waals surface area contributed by atoms with Crippen LogP contribution in [0.25, 0.3) is 11.0 Å². The van der Waals surface area contributed by atoms with Gasteiger partial charge in [-0.15, -0.1) is 0 Å². The van der Waals surface area contributed by atoms with Gasteiger partial charge in [-0.3, -0.25) is 9.59 Å². The van der Waals surface area contributed by atoms with Crippen LogP contribution in [0.5, 0.6) is 0 Å². The van der Waals surface area contributed by atoms with Crippen molar-refractivity contribution in [3.63, 3.8) is 0 Å². The first-order valence-electron chi connectivity index (χ1n) is 10.4. The summed E-state index contributed by atoms with van der Waals surface area (Å²) in [5.74, 6) is -0.0940. The van der Waals surface area contributed by atoms with Gasteiger partial charge < -0.3 is 10.2 Å². The lowest BCUT2D eigenvalue weighted by atomic mass is 9.96. The number of aromatic nitrogens is 4. The Morgan fingerprint density at radius 1 is 1.26 bits per heavy atom. The SMILES string of the molecule is Cc1nc2c(cnn2C(C)C)cc1C(=O)N1CCC[C@H](C(=O)Nc2ccc(Cl)cn2)C1. The van der Waals surface area contributed by atoms with Crippen LogP contribution in [0.3, 0.4) is 0 Å². The van der Waals surface area contributed by atoms with Gasteiger partial charge in [-0.1, -0.05) is 11.6 Å². The minimum atomic E-state index is -0.295. The molecule has 0 aliphatic carbocycles. The summed E-state index contributed by atoms with van der Waals surface area (Å²) in [5.41, 5.74) is 1.99.